The second kappa shape index (κ2) is 7.69. The number of halogens is 4. The van der Waals surface area contributed by atoms with Gasteiger partial charge in [0.05, 0.1) is 11.1 Å². The van der Waals surface area contributed by atoms with Gasteiger partial charge in [0, 0.05) is 18.5 Å². The highest BCUT2D eigenvalue weighted by atomic mass is 19.4. The molecule has 0 atom stereocenters. The van der Waals surface area contributed by atoms with Crippen LogP contribution in [0.25, 0.3) is 10.9 Å². The number of alkyl halides is 3. The highest BCUT2D eigenvalue weighted by Gasteiger charge is 2.31. The zero-order valence-electron chi connectivity index (χ0n) is 15.7. The van der Waals surface area contributed by atoms with E-state index in [1.54, 1.807) is 13.0 Å². The first-order chi connectivity index (χ1) is 13.6. The third kappa shape index (κ3) is 4.01. The zero-order valence-corrected chi connectivity index (χ0v) is 15.7. The number of nitrogens with one attached hydrogen (secondary N) is 1. The van der Waals surface area contributed by atoms with Crippen LogP contribution in [0.2, 0.25) is 0 Å². The van der Waals surface area contributed by atoms with E-state index in [9.17, 15) is 27.2 Å². The number of aryl methyl sites for hydroxylation is 2. The van der Waals surface area contributed by atoms with Crippen LogP contribution in [0.5, 0.6) is 0 Å². The lowest BCUT2D eigenvalue weighted by molar-refractivity contribution is -0.137. The summed E-state index contributed by atoms with van der Waals surface area (Å²) >= 11 is 0. The van der Waals surface area contributed by atoms with E-state index in [0.29, 0.717) is 16.5 Å². The van der Waals surface area contributed by atoms with Gasteiger partial charge in [-0.3, -0.25) is 9.59 Å². The molecular weight excluding hydrogens is 388 g/mol. The average molecular weight is 406 g/mol. The summed E-state index contributed by atoms with van der Waals surface area (Å²) in [6.07, 6.45) is -4.54. The van der Waals surface area contributed by atoms with Crippen LogP contribution < -0.4 is 10.9 Å². The Labute approximate surface area is 163 Å². The molecule has 1 heterocycles. The molecule has 152 valence electrons. The lowest BCUT2D eigenvalue weighted by atomic mass is 10.0. The number of benzene rings is 2. The molecule has 0 fully saturated rings. The number of aromatic nitrogens is 1. The normalized spacial score (nSPS) is 11.7. The fraction of sp³-hybridized carbons (Fsp3) is 0.238. The van der Waals surface area contributed by atoms with Crippen molar-refractivity contribution in [3.05, 3.63) is 80.9 Å². The van der Waals surface area contributed by atoms with E-state index in [4.69, 9.17) is 0 Å². The molecule has 8 heteroatoms. The van der Waals surface area contributed by atoms with Crippen LogP contribution in [-0.2, 0) is 19.3 Å². The van der Waals surface area contributed by atoms with Gasteiger partial charge in [0.25, 0.3) is 11.5 Å². The van der Waals surface area contributed by atoms with Crippen molar-refractivity contribution in [3.8, 4) is 0 Å². The smallest absolute Gasteiger partial charge is 0.348 e. The molecule has 29 heavy (non-hydrogen) atoms. The summed E-state index contributed by atoms with van der Waals surface area (Å²) in [4.78, 5) is 25.5. The lowest BCUT2D eigenvalue weighted by Crippen LogP contribution is -2.34. The van der Waals surface area contributed by atoms with E-state index in [1.807, 2.05) is 0 Å². The van der Waals surface area contributed by atoms with Gasteiger partial charge in [0.2, 0.25) is 0 Å². The van der Waals surface area contributed by atoms with Gasteiger partial charge in [-0.15, -0.1) is 0 Å². The van der Waals surface area contributed by atoms with Gasteiger partial charge in [0.1, 0.15) is 11.4 Å². The Kier molecular flexibility index (Phi) is 5.46. The number of amides is 1. The first-order valence-corrected chi connectivity index (χ1v) is 8.90. The van der Waals surface area contributed by atoms with Crippen LogP contribution in [0.1, 0.15) is 34.0 Å². The van der Waals surface area contributed by atoms with Gasteiger partial charge in [0.15, 0.2) is 0 Å². The van der Waals surface area contributed by atoms with Gasteiger partial charge in [-0.2, -0.15) is 13.2 Å². The van der Waals surface area contributed by atoms with Gasteiger partial charge in [-0.25, -0.2) is 4.39 Å². The molecule has 0 aliphatic carbocycles. The average Bonchev–Trinajstić information content (AvgIpc) is 2.66. The number of carbonyl (C=O) groups is 1. The van der Waals surface area contributed by atoms with Crippen molar-refractivity contribution < 1.29 is 22.4 Å². The molecule has 1 amide bonds. The van der Waals surface area contributed by atoms with Crippen molar-refractivity contribution in [2.75, 3.05) is 0 Å². The summed E-state index contributed by atoms with van der Waals surface area (Å²) in [7, 11) is 0. The summed E-state index contributed by atoms with van der Waals surface area (Å²) in [5.74, 6) is -1.12. The van der Waals surface area contributed by atoms with E-state index >= 15 is 0 Å². The third-order valence-corrected chi connectivity index (χ3v) is 4.74. The topological polar surface area (TPSA) is 51.1 Å². The van der Waals surface area contributed by atoms with E-state index in [1.165, 1.54) is 31.2 Å². The Morgan fingerprint density at radius 3 is 2.48 bits per heavy atom. The minimum Gasteiger partial charge on any atom is -0.348 e. The molecule has 3 aromatic rings. The Morgan fingerprint density at radius 1 is 1.14 bits per heavy atom. The quantitative estimate of drug-likeness (QED) is 0.653. The lowest BCUT2D eigenvalue weighted by Gasteiger charge is -2.16. The van der Waals surface area contributed by atoms with Crippen molar-refractivity contribution in [2.24, 2.45) is 0 Å². The molecule has 0 aliphatic rings. The minimum absolute atomic E-state index is 0.00659. The van der Waals surface area contributed by atoms with Crippen LogP contribution in [0.3, 0.4) is 0 Å². The summed E-state index contributed by atoms with van der Waals surface area (Å²) < 4.78 is 53.6. The minimum atomic E-state index is -4.54. The molecule has 0 radical (unpaired) electrons. The molecule has 0 saturated carbocycles. The fourth-order valence-electron chi connectivity index (χ4n) is 3.29. The highest BCUT2D eigenvalue weighted by molar-refractivity contribution is 6.00. The molecule has 0 unspecified atom stereocenters. The van der Waals surface area contributed by atoms with Crippen molar-refractivity contribution in [2.45, 2.75) is 33.1 Å². The number of hydrogen-bond donors (Lipinski definition) is 1. The van der Waals surface area contributed by atoms with Crippen LogP contribution >= 0.6 is 0 Å². The Hall–Kier alpha value is -3.16. The predicted molar refractivity (Wildman–Crippen MR) is 101 cm³/mol. The molecule has 0 aliphatic heterocycles. The maximum Gasteiger partial charge on any atom is 0.416 e. The number of nitrogens with zero attached hydrogens (tertiary/aromatic N) is 1. The number of rotatable bonds is 4. The maximum absolute atomic E-state index is 13.3. The standard InChI is InChI=1S/C21H18F4N2O2/c1-3-27-17-10-14(21(23,24)25)7-8-16(17)12(2)18(20(27)29)19(28)26-11-13-5-4-6-15(22)9-13/h4-10H,3,11H2,1-2H3,(H,26,28). The number of hydrogen-bond acceptors (Lipinski definition) is 2. The zero-order chi connectivity index (χ0) is 21.3. The SMILES string of the molecule is CCn1c(=O)c(C(=O)NCc2cccc(F)c2)c(C)c2ccc(C(F)(F)F)cc21. The molecule has 4 nitrogen and oxygen atoms in total. The second-order valence-electron chi connectivity index (χ2n) is 6.59. The molecule has 1 aromatic heterocycles. The first-order valence-electron chi connectivity index (χ1n) is 8.90. The number of pyridine rings is 1. The molecule has 2 aromatic carbocycles. The summed E-state index contributed by atoms with van der Waals surface area (Å²) in [5.41, 5.74) is -0.757. The van der Waals surface area contributed by atoms with Gasteiger partial charge in [-0.1, -0.05) is 18.2 Å². The summed E-state index contributed by atoms with van der Waals surface area (Å²) in [5, 5.41) is 2.96. The number of fused-ring (bicyclic) bond motifs is 1. The molecule has 0 bridgehead atoms. The van der Waals surface area contributed by atoms with Crippen LogP contribution in [0.15, 0.2) is 47.3 Å². The van der Waals surface area contributed by atoms with Crippen molar-refractivity contribution in [3.63, 3.8) is 0 Å². The highest BCUT2D eigenvalue weighted by Crippen LogP contribution is 2.32. The second-order valence-corrected chi connectivity index (χ2v) is 6.59. The van der Waals surface area contributed by atoms with Crippen LogP contribution in [-0.4, -0.2) is 10.5 Å². The predicted octanol–water partition coefficient (Wildman–Crippen LogP) is 4.42. The van der Waals surface area contributed by atoms with E-state index in [-0.39, 0.29) is 24.2 Å². The largest absolute Gasteiger partial charge is 0.416 e. The van der Waals surface area contributed by atoms with Crippen molar-refractivity contribution >= 4 is 16.8 Å². The molecule has 1 N–H and O–H groups in total. The van der Waals surface area contributed by atoms with E-state index in [0.717, 1.165) is 16.7 Å². The molecule has 3 rings (SSSR count). The maximum atomic E-state index is 13.3. The molecule has 0 saturated heterocycles. The Bertz CT molecular complexity index is 1150. The first kappa shape index (κ1) is 20.6. The van der Waals surface area contributed by atoms with E-state index < -0.39 is 29.0 Å². The van der Waals surface area contributed by atoms with Crippen molar-refractivity contribution in [1.29, 1.82) is 0 Å². The number of carbonyl (C=O) groups excluding carboxylic acids is 1. The third-order valence-electron chi connectivity index (χ3n) is 4.74. The van der Waals surface area contributed by atoms with Crippen LogP contribution in [0, 0.1) is 12.7 Å². The van der Waals surface area contributed by atoms with Gasteiger partial charge >= 0.3 is 6.18 Å². The van der Waals surface area contributed by atoms with Crippen LogP contribution in [0.4, 0.5) is 17.6 Å². The van der Waals surface area contributed by atoms with Gasteiger partial charge in [-0.05, 0) is 49.2 Å². The Balaban J connectivity index is 2.06. The summed E-state index contributed by atoms with van der Waals surface area (Å²) in [6, 6.07) is 8.77. The van der Waals surface area contributed by atoms with Crippen molar-refractivity contribution in [1.82, 2.24) is 9.88 Å². The molecular formula is C21H18F4N2O2. The van der Waals surface area contributed by atoms with Gasteiger partial charge < -0.3 is 9.88 Å². The monoisotopic (exact) mass is 406 g/mol. The molecule has 0 spiro atoms. The fourth-order valence-corrected chi connectivity index (χ4v) is 3.29. The Morgan fingerprint density at radius 2 is 1.86 bits per heavy atom. The van der Waals surface area contributed by atoms with E-state index in [2.05, 4.69) is 5.32 Å². The summed E-state index contributed by atoms with van der Waals surface area (Å²) in [6.45, 7) is 3.24.